The Labute approximate surface area is 207 Å². The molecule has 2 fully saturated rings. The molecule has 1 amide bonds. The third-order valence-electron chi connectivity index (χ3n) is 6.93. The van der Waals surface area contributed by atoms with Crippen molar-refractivity contribution in [3.05, 3.63) is 82.3 Å². The quantitative estimate of drug-likeness (QED) is 0.540. The fraction of sp³-hybridized carbons (Fsp3) is 0.308. The number of piperidine rings is 1. The molecule has 3 aromatic rings. The summed E-state index contributed by atoms with van der Waals surface area (Å²) in [6.45, 7) is 1.34. The summed E-state index contributed by atoms with van der Waals surface area (Å²) >= 11 is 0. The number of ether oxygens (including phenoxy) is 1. The minimum absolute atomic E-state index is 0.0243. The lowest BCUT2D eigenvalue weighted by Crippen LogP contribution is -2.57. The molecule has 5 rings (SSSR count). The van der Waals surface area contributed by atoms with Gasteiger partial charge in [0.2, 0.25) is 17.6 Å². The maximum atomic E-state index is 13.2. The maximum Gasteiger partial charge on any atom is 0.358 e. The van der Waals surface area contributed by atoms with Crippen LogP contribution in [0.25, 0.3) is 0 Å². The van der Waals surface area contributed by atoms with E-state index in [1.165, 1.54) is 4.57 Å². The van der Waals surface area contributed by atoms with E-state index in [1.807, 2.05) is 65.6 Å². The Morgan fingerprint density at radius 1 is 1.06 bits per heavy atom. The predicted molar refractivity (Wildman–Crippen MR) is 133 cm³/mol. The zero-order valence-corrected chi connectivity index (χ0v) is 19.9. The summed E-state index contributed by atoms with van der Waals surface area (Å²) in [5.41, 5.74) is 0.0689. The van der Waals surface area contributed by atoms with Gasteiger partial charge in [-0.1, -0.05) is 48.5 Å². The van der Waals surface area contributed by atoms with Crippen molar-refractivity contribution in [2.45, 2.75) is 25.0 Å². The van der Waals surface area contributed by atoms with E-state index in [4.69, 9.17) is 4.74 Å². The Hall–Kier alpha value is -4.34. The minimum atomic E-state index is -1.34. The number of carbonyl (C=O) groups is 2. The fourth-order valence-electron chi connectivity index (χ4n) is 4.97. The SMILES string of the molecule is Cn1c(N2CCC3(CC2)C(=O)NCN3c2ccccc2)nc(C(=O)O)c(OCc2ccccc2)c1=O. The van der Waals surface area contributed by atoms with Gasteiger partial charge in [-0.3, -0.25) is 14.2 Å². The molecule has 1 aromatic heterocycles. The number of amides is 1. The second-order valence-corrected chi connectivity index (χ2v) is 8.98. The van der Waals surface area contributed by atoms with Gasteiger partial charge in [0, 0.05) is 25.8 Å². The fourth-order valence-corrected chi connectivity index (χ4v) is 4.97. The maximum absolute atomic E-state index is 13.2. The first-order valence-corrected chi connectivity index (χ1v) is 11.8. The van der Waals surface area contributed by atoms with Gasteiger partial charge in [-0.2, -0.15) is 0 Å². The van der Waals surface area contributed by atoms with E-state index in [9.17, 15) is 19.5 Å². The number of para-hydroxylation sites is 1. The zero-order valence-electron chi connectivity index (χ0n) is 19.9. The van der Waals surface area contributed by atoms with Gasteiger partial charge in [0.15, 0.2) is 5.69 Å². The molecule has 2 aliphatic heterocycles. The van der Waals surface area contributed by atoms with E-state index in [-0.39, 0.29) is 24.2 Å². The van der Waals surface area contributed by atoms with Crippen LogP contribution in [0.5, 0.6) is 5.75 Å². The van der Waals surface area contributed by atoms with Gasteiger partial charge in [0.25, 0.3) is 5.56 Å². The van der Waals surface area contributed by atoms with E-state index < -0.39 is 22.8 Å². The summed E-state index contributed by atoms with van der Waals surface area (Å²) in [6, 6.07) is 19.0. The van der Waals surface area contributed by atoms with Gasteiger partial charge in [0.1, 0.15) is 12.1 Å². The van der Waals surface area contributed by atoms with Gasteiger partial charge >= 0.3 is 5.97 Å². The standard InChI is InChI=1S/C26H27N5O5/c1-29-22(32)21(36-16-18-8-4-2-5-9-18)20(23(33)34)28-25(29)30-14-12-26(13-15-30)24(35)27-17-31(26)19-10-6-3-7-11-19/h2-11H,12-17H2,1H3,(H,27,35)(H,33,34). The molecule has 1 spiro atoms. The summed E-state index contributed by atoms with van der Waals surface area (Å²) < 4.78 is 6.95. The highest BCUT2D eigenvalue weighted by atomic mass is 16.5. The molecule has 2 N–H and O–H groups in total. The summed E-state index contributed by atoms with van der Waals surface area (Å²) in [5, 5.41) is 12.8. The number of hydrogen-bond donors (Lipinski definition) is 2. The van der Waals surface area contributed by atoms with Crippen molar-refractivity contribution in [2.75, 3.05) is 29.6 Å². The van der Waals surface area contributed by atoms with Crippen LogP contribution >= 0.6 is 0 Å². The average Bonchev–Trinajstić information content (AvgIpc) is 3.21. The second-order valence-electron chi connectivity index (χ2n) is 8.98. The van der Waals surface area contributed by atoms with Crippen LogP contribution in [-0.2, 0) is 18.4 Å². The van der Waals surface area contributed by atoms with Crippen molar-refractivity contribution in [3.8, 4) is 5.75 Å². The molecule has 2 aromatic carbocycles. The Balaban J connectivity index is 1.40. The number of anilines is 2. The lowest BCUT2D eigenvalue weighted by Gasteiger charge is -2.43. The zero-order chi connectivity index (χ0) is 25.3. The van der Waals surface area contributed by atoms with Crippen molar-refractivity contribution in [1.29, 1.82) is 0 Å². The van der Waals surface area contributed by atoms with Crippen LogP contribution < -0.4 is 25.4 Å². The number of benzene rings is 2. The summed E-state index contributed by atoms with van der Waals surface area (Å²) in [5.74, 6) is -1.42. The van der Waals surface area contributed by atoms with Gasteiger partial charge in [0.05, 0.1) is 6.67 Å². The largest absolute Gasteiger partial charge is 0.481 e. The van der Waals surface area contributed by atoms with Crippen LogP contribution in [0.2, 0.25) is 0 Å². The number of aromatic nitrogens is 2. The van der Waals surface area contributed by atoms with Crippen molar-refractivity contribution in [3.63, 3.8) is 0 Å². The number of carbonyl (C=O) groups excluding carboxylic acids is 1. The number of carboxylic acid groups (broad SMARTS) is 1. The lowest BCUT2D eigenvalue weighted by molar-refractivity contribution is -0.124. The van der Waals surface area contributed by atoms with E-state index in [2.05, 4.69) is 15.2 Å². The van der Waals surface area contributed by atoms with E-state index >= 15 is 0 Å². The Morgan fingerprint density at radius 3 is 2.33 bits per heavy atom. The van der Waals surface area contributed by atoms with Gasteiger partial charge in [-0.05, 0) is 30.5 Å². The third-order valence-corrected chi connectivity index (χ3v) is 6.93. The van der Waals surface area contributed by atoms with Crippen molar-refractivity contribution in [1.82, 2.24) is 14.9 Å². The molecule has 3 heterocycles. The molecular weight excluding hydrogens is 462 g/mol. The summed E-state index contributed by atoms with van der Waals surface area (Å²) in [7, 11) is 1.55. The Bertz CT molecular complexity index is 1330. The van der Waals surface area contributed by atoms with E-state index in [0.717, 1.165) is 11.3 Å². The van der Waals surface area contributed by atoms with Gasteiger partial charge < -0.3 is 25.0 Å². The smallest absolute Gasteiger partial charge is 0.358 e. The number of rotatable bonds is 6. The van der Waals surface area contributed by atoms with Crippen molar-refractivity contribution < 1.29 is 19.4 Å². The van der Waals surface area contributed by atoms with Crippen LogP contribution in [0.1, 0.15) is 28.9 Å². The highest BCUT2D eigenvalue weighted by Gasteiger charge is 2.50. The van der Waals surface area contributed by atoms with Crippen LogP contribution in [0.4, 0.5) is 11.6 Å². The van der Waals surface area contributed by atoms with Crippen LogP contribution in [0.15, 0.2) is 65.5 Å². The number of aromatic carboxylic acids is 1. The molecule has 2 saturated heterocycles. The van der Waals surface area contributed by atoms with Gasteiger partial charge in [-0.25, -0.2) is 9.78 Å². The highest BCUT2D eigenvalue weighted by Crippen LogP contribution is 2.37. The first kappa shape index (κ1) is 23.4. The van der Waals surface area contributed by atoms with Crippen LogP contribution in [0.3, 0.4) is 0 Å². The molecule has 36 heavy (non-hydrogen) atoms. The first-order valence-electron chi connectivity index (χ1n) is 11.8. The number of carboxylic acids is 1. The van der Waals surface area contributed by atoms with E-state index in [0.29, 0.717) is 32.6 Å². The highest BCUT2D eigenvalue weighted by molar-refractivity contribution is 5.93. The van der Waals surface area contributed by atoms with Crippen molar-refractivity contribution in [2.24, 2.45) is 7.05 Å². The first-order chi connectivity index (χ1) is 17.4. The van der Waals surface area contributed by atoms with E-state index in [1.54, 1.807) is 7.05 Å². The van der Waals surface area contributed by atoms with Crippen LogP contribution in [-0.4, -0.2) is 51.8 Å². The molecule has 186 valence electrons. The molecular formula is C26H27N5O5. The molecule has 0 saturated carbocycles. The molecule has 0 unspecified atom stereocenters. The van der Waals surface area contributed by atoms with Crippen LogP contribution in [0, 0.1) is 0 Å². The van der Waals surface area contributed by atoms with Gasteiger partial charge in [-0.15, -0.1) is 0 Å². The lowest BCUT2D eigenvalue weighted by atomic mass is 9.85. The third kappa shape index (κ3) is 4.04. The number of hydrogen-bond acceptors (Lipinski definition) is 7. The molecule has 0 aliphatic carbocycles. The molecule has 10 heteroatoms. The monoisotopic (exact) mass is 489 g/mol. The molecule has 2 aliphatic rings. The minimum Gasteiger partial charge on any atom is -0.481 e. The second kappa shape index (κ2) is 9.37. The topological polar surface area (TPSA) is 117 Å². The Morgan fingerprint density at radius 2 is 1.69 bits per heavy atom. The molecule has 0 radical (unpaired) electrons. The average molecular weight is 490 g/mol. The number of nitrogens with one attached hydrogen (secondary N) is 1. The predicted octanol–water partition coefficient (Wildman–Crippen LogP) is 1.99. The Kier molecular flexibility index (Phi) is 6.09. The molecule has 10 nitrogen and oxygen atoms in total. The number of nitrogens with zero attached hydrogens (tertiary/aromatic N) is 4. The molecule has 0 bridgehead atoms. The molecule has 0 atom stereocenters. The van der Waals surface area contributed by atoms with Crippen molar-refractivity contribution >= 4 is 23.5 Å². The normalized spacial score (nSPS) is 16.8. The summed E-state index contributed by atoms with van der Waals surface area (Å²) in [4.78, 5) is 46.4. The summed E-state index contributed by atoms with van der Waals surface area (Å²) in [6.07, 6.45) is 0.997.